The number of nitrogen functional groups attached to an aromatic ring is 9. The Bertz CT molecular complexity index is 7190. The first-order valence-electron chi connectivity index (χ1n) is 45.0. The van der Waals surface area contributed by atoms with Gasteiger partial charge in [-0.15, -0.1) is 42.1 Å². The molecular formula is C99H113N39O7. The van der Waals surface area contributed by atoms with Crippen LogP contribution in [-0.2, 0) is 48.1 Å². The number of carbonyl (C=O) groups is 5. The minimum absolute atomic E-state index is 0.00300. The van der Waals surface area contributed by atoms with E-state index in [4.69, 9.17) is 126 Å². The van der Waals surface area contributed by atoms with Gasteiger partial charge >= 0.3 is 11.9 Å². The highest BCUT2D eigenvalue weighted by atomic mass is 16.4. The van der Waals surface area contributed by atoms with Crippen molar-refractivity contribution in [1.82, 2.24) is 86.2 Å². The lowest BCUT2D eigenvalue weighted by atomic mass is 9.91. The van der Waals surface area contributed by atoms with Gasteiger partial charge in [-0.1, -0.05) is 97.9 Å². The van der Waals surface area contributed by atoms with Crippen LogP contribution in [0.3, 0.4) is 0 Å². The summed E-state index contributed by atoms with van der Waals surface area (Å²) in [5.74, 6) is 6.26. The Labute approximate surface area is 833 Å². The van der Waals surface area contributed by atoms with Crippen LogP contribution in [0.15, 0.2) is 171 Å². The Kier molecular flexibility index (Phi) is 37.3. The predicted octanol–water partition coefficient (Wildman–Crippen LogP) is 5.09. The molecule has 0 aliphatic heterocycles. The molecule has 0 radical (unpaired) electrons. The molecule has 0 saturated heterocycles. The van der Waals surface area contributed by atoms with E-state index in [1.807, 2.05) is 85.8 Å². The van der Waals surface area contributed by atoms with E-state index >= 15 is 0 Å². The third-order valence-corrected chi connectivity index (χ3v) is 22.9. The molecule has 0 bridgehead atoms. The number of nitrogens with one attached hydrogen (secondary N) is 8. The largest absolute Gasteiger partial charge is 0.481 e. The number of guanidine groups is 3. The molecule has 145 heavy (non-hydrogen) atoms. The fraction of sp³-hybridized carbons (Fsp3) is 0.253. The summed E-state index contributed by atoms with van der Waals surface area (Å²) in [5.41, 5.74) is 94.9. The van der Waals surface area contributed by atoms with Crippen LogP contribution in [0.5, 0.6) is 0 Å². The number of nitrogens with two attached hydrogens (primary N) is 13. The molecule has 36 N–H and O–H groups in total. The van der Waals surface area contributed by atoms with E-state index in [1.165, 1.54) is 11.9 Å². The molecule has 3 aliphatic rings. The van der Waals surface area contributed by atoms with Crippen molar-refractivity contribution in [3.05, 3.63) is 247 Å². The van der Waals surface area contributed by atoms with E-state index in [0.717, 1.165) is 122 Å². The second kappa shape index (κ2) is 50.3. The number of nitrogens with zero attached hydrogens (tertiary/aromatic N) is 18. The summed E-state index contributed by atoms with van der Waals surface area (Å²) in [4.78, 5) is 112. The smallest absolute Gasteiger partial charge is 0.325 e. The van der Waals surface area contributed by atoms with Crippen LogP contribution in [0, 0.1) is 64.6 Å². The van der Waals surface area contributed by atoms with Crippen molar-refractivity contribution in [2.45, 2.75) is 134 Å². The fourth-order valence-electron chi connectivity index (χ4n) is 15.7. The van der Waals surface area contributed by atoms with Crippen LogP contribution >= 0.6 is 0 Å². The predicted molar refractivity (Wildman–Crippen MR) is 560 cm³/mol. The van der Waals surface area contributed by atoms with Gasteiger partial charge in [-0.25, -0.2) is 40.3 Å². The van der Waals surface area contributed by atoms with Gasteiger partial charge in [-0.2, -0.15) is 45.2 Å². The molecular weight excluding hydrogens is 1850 g/mol. The van der Waals surface area contributed by atoms with Crippen LogP contribution in [0.1, 0.15) is 198 Å². The van der Waals surface area contributed by atoms with Crippen LogP contribution in [0.2, 0.25) is 0 Å². The number of anilines is 6. The van der Waals surface area contributed by atoms with Crippen molar-refractivity contribution < 1.29 is 34.2 Å². The molecule has 3 aliphatic carbocycles. The van der Waals surface area contributed by atoms with Gasteiger partial charge in [-0.05, 0) is 141 Å². The Morgan fingerprint density at radius 1 is 0.503 bits per heavy atom. The Morgan fingerprint density at radius 2 is 0.883 bits per heavy atom. The lowest BCUT2D eigenvalue weighted by molar-refractivity contribution is -0.139. The molecule has 15 rings (SSSR count). The number of aliphatic carboxylic acids is 2. The molecule has 6 aromatic heterocycles. The van der Waals surface area contributed by atoms with Crippen LogP contribution in [-0.4, -0.2) is 190 Å². The number of hydrogen-bond donors (Lipinski definition) is 23. The third kappa shape index (κ3) is 29.1. The van der Waals surface area contributed by atoms with Gasteiger partial charge in [0.05, 0.1) is 52.8 Å². The molecule has 6 aromatic carbocycles. The Hall–Kier alpha value is -19.4. The maximum absolute atomic E-state index is 12.4. The second-order valence-electron chi connectivity index (χ2n) is 33.3. The van der Waals surface area contributed by atoms with Crippen molar-refractivity contribution in [2.75, 3.05) is 55.5 Å². The zero-order valence-electron chi connectivity index (χ0n) is 80.2. The molecule has 46 nitrogen and oxygen atoms in total. The summed E-state index contributed by atoms with van der Waals surface area (Å²) in [6.07, 6.45) is 28.9. The van der Waals surface area contributed by atoms with Crippen molar-refractivity contribution in [1.29, 1.82) is 21.6 Å². The number of terminal acetylenes is 3. The number of carbonyl (C=O) groups excluding carboxylic acids is 3. The highest BCUT2D eigenvalue weighted by Gasteiger charge is 2.30. The average molecular weight is 1960 g/mol. The van der Waals surface area contributed by atoms with E-state index in [0.29, 0.717) is 107 Å². The Balaban J connectivity index is 0.000000182. The number of aromatic nitrogens is 12. The van der Waals surface area contributed by atoms with E-state index in [2.05, 4.69) is 124 Å². The highest BCUT2D eigenvalue weighted by molar-refractivity contribution is 6.11. The summed E-state index contributed by atoms with van der Waals surface area (Å²) in [6, 6.07) is 37.1. The summed E-state index contributed by atoms with van der Waals surface area (Å²) in [6.45, 7) is 5.22. The number of amidine groups is 3. The summed E-state index contributed by atoms with van der Waals surface area (Å²) >= 11 is 0. The van der Waals surface area contributed by atoms with Crippen LogP contribution < -0.4 is 95.9 Å². The first kappa shape index (κ1) is 108. The average Bonchev–Trinajstić information content (AvgIpc) is 1.60. The zero-order valence-corrected chi connectivity index (χ0v) is 80.2. The summed E-state index contributed by atoms with van der Waals surface area (Å²) in [7, 11) is 4.83. The van der Waals surface area contributed by atoms with Gasteiger partial charge in [-0.3, -0.25) is 50.6 Å². The molecule has 3 amide bonds. The highest BCUT2D eigenvalue weighted by Crippen LogP contribution is 2.34. The molecule has 0 fully saturated rings. The molecule has 12 aromatic rings. The number of rotatable bonds is 27. The van der Waals surface area contributed by atoms with Crippen molar-refractivity contribution in [3.8, 4) is 37.0 Å². The van der Waals surface area contributed by atoms with Gasteiger partial charge in [0.25, 0.3) is 17.7 Å². The maximum Gasteiger partial charge on any atom is 0.325 e. The molecule has 6 atom stereocenters. The van der Waals surface area contributed by atoms with Gasteiger partial charge in [0.1, 0.15) is 23.5 Å². The second-order valence-corrected chi connectivity index (χ2v) is 33.3. The fourth-order valence-corrected chi connectivity index (χ4v) is 15.7. The minimum Gasteiger partial charge on any atom is -0.481 e. The molecule has 0 saturated carbocycles. The molecule has 6 heterocycles. The van der Waals surface area contributed by atoms with Crippen molar-refractivity contribution in [3.63, 3.8) is 0 Å². The number of fused-ring (bicyclic) bond motifs is 6. The Morgan fingerprint density at radius 3 is 1.25 bits per heavy atom. The van der Waals surface area contributed by atoms with E-state index in [-0.39, 0.29) is 119 Å². The summed E-state index contributed by atoms with van der Waals surface area (Å²) in [5, 5.41) is 73.2. The topological polar surface area (TPSA) is 827 Å². The normalized spacial score (nSPS) is 14.2. The van der Waals surface area contributed by atoms with Crippen LogP contribution in [0.4, 0.5) is 35.3 Å². The van der Waals surface area contributed by atoms with Crippen LogP contribution in [0.25, 0.3) is 33.5 Å². The lowest BCUT2D eigenvalue weighted by Gasteiger charge is -2.16. The number of amides is 3. The number of carboxylic acid groups (broad SMARTS) is 2. The molecule has 0 spiro atoms. The van der Waals surface area contributed by atoms with Crippen molar-refractivity contribution >= 4 is 151 Å². The SMILES string of the molecule is C#CCC(Cc1cnc2nc(N)nc(N)c2n1)c1ccc(C(=O)NC)cc1.C#CCC(Cc1cnc2nc(N)nc(N)c2n1)c1ccc(C(=O)N[C@@H](C)C(=O)O)cc1.C#CCC(Cc1cnc2nc(N)nc(N)c2n1)c1ccc(C(=O)N[C@H](C)CCC(=O)O)cc1.CC1Cc2c(C(=N)N)cccc2/C1=N/N=C(N)N.CN(/N=C1\CCc2c(C(=N)N)cccc21)C(=N)N.CN=C(N)N/N=C1\CCc2c(C(=N)N)cccc21. The van der Waals surface area contributed by atoms with E-state index in [9.17, 15) is 24.0 Å². The quantitative estimate of drug-likeness (QED) is 0.0138. The first-order chi connectivity index (χ1) is 69.2. The number of hydrogen-bond acceptors (Lipinski definition) is 32. The van der Waals surface area contributed by atoms with E-state index < -0.39 is 23.9 Å². The number of hydrazone groups is 2. The van der Waals surface area contributed by atoms with E-state index in [1.54, 1.807) is 95.2 Å². The third-order valence-electron chi connectivity index (χ3n) is 22.9. The van der Waals surface area contributed by atoms with Gasteiger partial charge < -0.3 is 101 Å². The molecule has 746 valence electrons. The molecule has 46 heteroatoms. The minimum atomic E-state index is -1.11. The molecule has 4 unspecified atom stereocenters. The lowest BCUT2D eigenvalue weighted by Crippen LogP contribution is -2.38. The number of benzene rings is 6. The number of carboxylic acids is 2. The summed E-state index contributed by atoms with van der Waals surface area (Å²) < 4.78 is 0. The van der Waals surface area contributed by atoms with Gasteiger partial charge in [0, 0.05) is 127 Å². The first-order valence-corrected chi connectivity index (χ1v) is 45.0. The van der Waals surface area contributed by atoms with Crippen molar-refractivity contribution in [2.24, 2.45) is 71.5 Å². The standard InChI is InChI=1S/C23H25N7O3.C21H21N7O3.C19H19N7O.3C12H16N6/c1-3-4-16(11-17-12-26-21-19(28-17)20(24)29-23(25)30-21)14-6-8-15(9-7-14)22(33)27-13(2)5-10-18(31)32;1-3-4-14(9-15-10-24-18-16(26-15)17(22)27-21(23)28-18)12-5-7-13(8-6-12)19(29)25-11(2)20(30)31;1-3-4-13(11-5-7-12(8-6-11)18(27)22-2)9-14-10-23-17-15(24-14)16(20)25-19(21)26-17;1-18(12(15)16)17-10-6-5-7-8(10)3-2-4-9(7)11(13)14;1-16-12(15)18-17-10-6-5-7-8(10)3-2-4-9(7)11(13)14;1-6-5-9-7(10(6)17-18-12(15)16)3-2-4-8(9)11(13)14/h1,6-9,12-13,16H,4-5,10-11H2,2H3,(H,27,33)(H,31,32)(H4,24,25,26,29,30);1,5-8,10-11,14H,4,9H2,2H3,(H,25,29)(H,30,31)(H4,22,23,24,27,28);1,5-8,10,13H,4,9H2,2H3,(H,22,27)(H4,20,21,23,25,26);2-4H,5-6H2,1H3,(H3,13,14)(H3,15,16);2-4H,5-6H2,1H3,(H3,13,14)(H3,15,16,18);2-4,6H,5H2,1H3,(H3,13,14)(H4,15,16,18)/b;;;3*17-10+/t13-,16?;11-,14?;;;;/m10..../s1. The zero-order chi connectivity index (χ0) is 106. The maximum atomic E-state index is 12.4. The monoisotopic (exact) mass is 1960 g/mol. The van der Waals surface area contributed by atoms with Gasteiger partial charge in [0.15, 0.2) is 50.9 Å². The van der Waals surface area contributed by atoms with Gasteiger partial charge in [0.2, 0.25) is 35.7 Å². The number of aliphatic imine (C=N–C) groups is 1.